The number of β-amino-alcohol motifs (C(OH)–C–C–N with tert-alkyl or cyclic N) is 1. The van der Waals surface area contributed by atoms with Crippen LogP contribution in [0.2, 0.25) is 5.02 Å². The third-order valence-corrected chi connectivity index (χ3v) is 7.22. The lowest BCUT2D eigenvalue weighted by Crippen LogP contribution is -2.48. The predicted octanol–water partition coefficient (Wildman–Crippen LogP) is 1.94. The Morgan fingerprint density at radius 2 is 1.97 bits per heavy atom. The molecule has 0 bridgehead atoms. The Labute approximate surface area is 183 Å². The van der Waals surface area contributed by atoms with Crippen LogP contribution in [0, 0.1) is 11.3 Å². The summed E-state index contributed by atoms with van der Waals surface area (Å²) in [6.07, 6.45) is 0.176. The highest BCUT2D eigenvalue weighted by molar-refractivity contribution is 7.89. The largest absolute Gasteiger partial charge is 0.485 e. The molecule has 8 nitrogen and oxygen atoms in total. The Morgan fingerprint density at radius 3 is 2.61 bits per heavy atom. The lowest BCUT2D eigenvalue weighted by Gasteiger charge is -2.27. The number of hydrogen-bond donors (Lipinski definition) is 2. The van der Waals surface area contributed by atoms with E-state index in [1.807, 2.05) is 0 Å². The molecule has 1 aromatic heterocycles. The van der Waals surface area contributed by atoms with Crippen molar-refractivity contribution in [3.8, 4) is 11.8 Å². The van der Waals surface area contributed by atoms with E-state index in [4.69, 9.17) is 16.3 Å². The maximum absolute atomic E-state index is 13.0. The van der Waals surface area contributed by atoms with Gasteiger partial charge in [-0.15, -0.1) is 0 Å². The maximum atomic E-state index is 13.0. The zero-order chi connectivity index (χ0) is 22.2. The number of rotatable bonds is 5. The van der Waals surface area contributed by atoms with Crippen LogP contribution in [0.15, 0.2) is 59.8 Å². The number of sulfonamides is 1. The number of fused-ring (bicyclic) bond motifs is 1. The van der Waals surface area contributed by atoms with Crippen LogP contribution in [0.5, 0.6) is 5.75 Å². The molecule has 2 aromatic carbocycles. The van der Waals surface area contributed by atoms with Crippen molar-refractivity contribution in [3.05, 3.63) is 65.3 Å². The minimum atomic E-state index is -4.05. The van der Waals surface area contributed by atoms with Crippen molar-refractivity contribution in [1.82, 2.24) is 9.29 Å². The van der Waals surface area contributed by atoms with E-state index in [0.717, 1.165) is 4.31 Å². The molecule has 2 N–H and O–H groups in total. The second-order valence-electron chi connectivity index (χ2n) is 7.25. The first-order chi connectivity index (χ1) is 14.8. The number of aliphatic hydroxyl groups excluding tert-OH is 1. The molecule has 1 unspecified atom stereocenters. The summed E-state index contributed by atoms with van der Waals surface area (Å²) >= 11 is 5.79. The van der Waals surface area contributed by atoms with Gasteiger partial charge in [-0.05, 0) is 24.3 Å². The summed E-state index contributed by atoms with van der Waals surface area (Å²) in [4.78, 5) is 3.86. The number of benzene rings is 2. The first-order valence-electron chi connectivity index (χ1n) is 9.32. The number of aromatic nitrogens is 1. The number of halogens is 1. The van der Waals surface area contributed by atoms with Crippen molar-refractivity contribution in [1.29, 1.82) is 5.26 Å². The number of pyridine rings is 1. The number of hydrogen-bond acceptors (Lipinski definition) is 7. The monoisotopic (exact) mass is 459 g/mol. The summed E-state index contributed by atoms with van der Waals surface area (Å²) in [5, 5.41) is 31.5. The van der Waals surface area contributed by atoms with Gasteiger partial charge >= 0.3 is 0 Å². The van der Waals surface area contributed by atoms with Crippen molar-refractivity contribution in [2.75, 3.05) is 19.7 Å². The SMILES string of the molecule is N#Cc1ccc(OC2CN(S(=O)(=O)c3ccc(Cl)cn3)C[C@@]2(O)CO)c2ccccc12. The summed E-state index contributed by atoms with van der Waals surface area (Å²) in [6, 6.07) is 15.1. The maximum Gasteiger partial charge on any atom is 0.260 e. The van der Waals surface area contributed by atoms with Crippen LogP contribution < -0.4 is 4.74 Å². The molecule has 10 heteroatoms. The molecule has 160 valence electrons. The van der Waals surface area contributed by atoms with Gasteiger partial charge in [0.2, 0.25) is 0 Å². The minimum Gasteiger partial charge on any atom is -0.485 e. The summed E-state index contributed by atoms with van der Waals surface area (Å²) in [5.74, 6) is 0.371. The van der Waals surface area contributed by atoms with Gasteiger partial charge in [0.05, 0.1) is 29.8 Å². The zero-order valence-corrected chi connectivity index (χ0v) is 17.7. The van der Waals surface area contributed by atoms with E-state index in [0.29, 0.717) is 27.1 Å². The van der Waals surface area contributed by atoms with Gasteiger partial charge in [0.15, 0.2) is 5.03 Å². The molecule has 0 radical (unpaired) electrons. The molecule has 2 heterocycles. The zero-order valence-electron chi connectivity index (χ0n) is 16.1. The Kier molecular flexibility index (Phi) is 5.60. The molecule has 0 saturated carbocycles. The molecule has 1 saturated heterocycles. The normalized spacial score (nSPS) is 21.8. The summed E-state index contributed by atoms with van der Waals surface area (Å²) < 4.78 is 33.0. The van der Waals surface area contributed by atoms with Gasteiger partial charge in [0.1, 0.15) is 17.5 Å². The van der Waals surface area contributed by atoms with E-state index in [9.17, 15) is 23.9 Å². The number of ether oxygens (including phenoxy) is 1. The predicted molar refractivity (Wildman–Crippen MR) is 113 cm³/mol. The molecule has 0 aliphatic carbocycles. The molecular weight excluding hydrogens is 442 g/mol. The second-order valence-corrected chi connectivity index (χ2v) is 9.57. The summed E-state index contributed by atoms with van der Waals surface area (Å²) in [7, 11) is -4.05. The van der Waals surface area contributed by atoms with Crippen LogP contribution >= 0.6 is 11.6 Å². The topological polar surface area (TPSA) is 124 Å². The van der Waals surface area contributed by atoms with Crippen molar-refractivity contribution >= 4 is 32.4 Å². The molecular formula is C21H18ClN3O5S. The smallest absolute Gasteiger partial charge is 0.260 e. The summed E-state index contributed by atoms with van der Waals surface area (Å²) in [5.41, 5.74) is -1.36. The minimum absolute atomic E-state index is 0.196. The van der Waals surface area contributed by atoms with Crippen LogP contribution in [0.25, 0.3) is 10.8 Å². The van der Waals surface area contributed by atoms with Crippen LogP contribution in [-0.4, -0.2) is 59.3 Å². The van der Waals surface area contributed by atoms with Crippen LogP contribution in [-0.2, 0) is 10.0 Å². The van der Waals surface area contributed by atoms with E-state index < -0.39 is 28.3 Å². The van der Waals surface area contributed by atoms with Gasteiger partial charge in [-0.25, -0.2) is 13.4 Å². The molecule has 4 rings (SSSR count). The van der Waals surface area contributed by atoms with Gasteiger partial charge in [0, 0.05) is 23.5 Å². The number of nitriles is 1. The molecule has 31 heavy (non-hydrogen) atoms. The highest BCUT2D eigenvalue weighted by Crippen LogP contribution is 2.34. The molecule has 0 spiro atoms. The van der Waals surface area contributed by atoms with E-state index in [1.165, 1.54) is 18.3 Å². The van der Waals surface area contributed by atoms with E-state index in [1.54, 1.807) is 36.4 Å². The average Bonchev–Trinajstić information content (AvgIpc) is 3.12. The van der Waals surface area contributed by atoms with Gasteiger partial charge in [-0.2, -0.15) is 9.57 Å². The molecule has 3 aromatic rings. The highest BCUT2D eigenvalue weighted by atomic mass is 35.5. The molecule has 1 fully saturated rings. The quantitative estimate of drug-likeness (QED) is 0.597. The van der Waals surface area contributed by atoms with E-state index >= 15 is 0 Å². The van der Waals surface area contributed by atoms with E-state index in [-0.39, 0.29) is 18.1 Å². The van der Waals surface area contributed by atoms with Gasteiger partial charge in [-0.1, -0.05) is 35.9 Å². The Hall–Kier alpha value is -2.74. The second kappa shape index (κ2) is 8.07. The lowest BCUT2D eigenvalue weighted by molar-refractivity contribution is -0.0636. The highest BCUT2D eigenvalue weighted by Gasteiger charge is 2.51. The molecule has 0 amide bonds. The van der Waals surface area contributed by atoms with Crippen LogP contribution in [0.4, 0.5) is 0 Å². The fourth-order valence-corrected chi connectivity index (χ4v) is 5.11. The van der Waals surface area contributed by atoms with E-state index in [2.05, 4.69) is 11.1 Å². The van der Waals surface area contributed by atoms with Crippen molar-refractivity contribution in [2.24, 2.45) is 0 Å². The third kappa shape index (κ3) is 3.84. The number of nitrogens with zero attached hydrogens (tertiary/aromatic N) is 3. The Morgan fingerprint density at radius 1 is 1.23 bits per heavy atom. The van der Waals surface area contributed by atoms with Crippen LogP contribution in [0.1, 0.15) is 5.56 Å². The fourth-order valence-electron chi connectivity index (χ4n) is 3.58. The molecule has 1 aliphatic heterocycles. The van der Waals surface area contributed by atoms with Crippen molar-refractivity contribution in [2.45, 2.75) is 16.7 Å². The van der Waals surface area contributed by atoms with Crippen molar-refractivity contribution < 1.29 is 23.4 Å². The van der Waals surface area contributed by atoms with Gasteiger partial charge in [0.25, 0.3) is 10.0 Å². The Bertz CT molecular complexity index is 1280. The van der Waals surface area contributed by atoms with Crippen LogP contribution in [0.3, 0.4) is 0 Å². The molecule has 1 aliphatic rings. The molecule has 2 atom stereocenters. The average molecular weight is 460 g/mol. The fraction of sp³-hybridized carbons (Fsp3) is 0.238. The Balaban J connectivity index is 1.67. The third-order valence-electron chi connectivity index (χ3n) is 5.27. The summed E-state index contributed by atoms with van der Waals surface area (Å²) in [6.45, 7) is -1.26. The van der Waals surface area contributed by atoms with Gasteiger partial charge < -0.3 is 14.9 Å². The van der Waals surface area contributed by atoms with Crippen molar-refractivity contribution in [3.63, 3.8) is 0 Å². The number of aliphatic hydroxyl groups is 2. The van der Waals surface area contributed by atoms with Gasteiger partial charge in [-0.3, -0.25) is 0 Å². The standard InChI is InChI=1S/C21H18ClN3O5S/c22-15-6-8-20(24-10-15)31(28,29)25-11-19(21(27,12-25)13-26)30-18-7-5-14(9-23)16-3-1-2-4-17(16)18/h1-8,10,19,26-27H,11-13H2/t19?,21-/m1/s1. The lowest BCUT2D eigenvalue weighted by atomic mass is 10.0. The first kappa shape index (κ1) is 21.5. The first-order valence-corrected chi connectivity index (χ1v) is 11.1.